The molecule has 0 bridgehead atoms. The van der Waals surface area contributed by atoms with Crippen LogP contribution in [0.4, 0.5) is 0 Å². The van der Waals surface area contributed by atoms with Gasteiger partial charge in [-0.2, -0.15) is 0 Å². The summed E-state index contributed by atoms with van der Waals surface area (Å²) >= 11 is 0. The largest absolute Gasteiger partial charge is 0.290 e. The second-order valence-electron chi connectivity index (χ2n) is 9.85. The van der Waals surface area contributed by atoms with E-state index in [9.17, 15) is 0 Å². The first-order valence-electron chi connectivity index (χ1n) is 12.2. The van der Waals surface area contributed by atoms with E-state index in [-0.39, 0.29) is 0 Å². The molecule has 9 rings (SSSR count). The molecule has 3 heteroatoms. The monoisotopic (exact) mass is 445 g/mol. The average molecular weight is 446 g/mol. The predicted molar refractivity (Wildman–Crippen MR) is 142 cm³/mol. The van der Waals surface area contributed by atoms with E-state index >= 15 is 0 Å². The first-order chi connectivity index (χ1) is 17.3. The van der Waals surface area contributed by atoms with Gasteiger partial charge in [0.1, 0.15) is 5.65 Å². The van der Waals surface area contributed by atoms with Gasteiger partial charge in [-0.1, -0.05) is 48.5 Å². The molecule has 3 aromatic heterocycles. The highest BCUT2D eigenvalue weighted by Gasteiger charge is 2.28. The summed E-state index contributed by atoms with van der Waals surface area (Å²) in [5, 5.41) is 3.72. The molecule has 0 saturated carbocycles. The lowest BCUT2D eigenvalue weighted by Crippen LogP contribution is -1.94. The average Bonchev–Trinajstić information content (AvgIpc) is 3.58. The molecular formula is C32H19N3. The van der Waals surface area contributed by atoms with E-state index in [2.05, 4.69) is 88.2 Å². The first kappa shape index (κ1) is 17.9. The van der Waals surface area contributed by atoms with Crippen molar-refractivity contribution in [1.29, 1.82) is 0 Å². The zero-order valence-corrected chi connectivity index (χ0v) is 18.9. The molecule has 3 heterocycles. The number of benzene rings is 4. The summed E-state index contributed by atoms with van der Waals surface area (Å²) in [7, 11) is 0. The number of aromatic nitrogens is 3. The Balaban J connectivity index is 1.45. The van der Waals surface area contributed by atoms with Crippen LogP contribution in [-0.2, 0) is 12.8 Å². The predicted octanol–water partition coefficient (Wildman–Crippen LogP) is 7.33. The third kappa shape index (κ3) is 2.17. The van der Waals surface area contributed by atoms with Crippen LogP contribution >= 0.6 is 0 Å². The SMILES string of the molecule is c1ccc2c(c1)Cc1cc3c(cc1-2)Cc1ccc2c4ccncc4n4c5ccccc5nc4c2c1-3. The van der Waals surface area contributed by atoms with E-state index < -0.39 is 0 Å². The van der Waals surface area contributed by atoms with Gasteiger partial charge in [0.05, 0.1) is 22.7 Å². The lowest BCUT2D eigenvalue weighted by molar-refractivity contribution is 1.24. The second-order valence-corrected chi connectivity index (χ2v) is 9.85. The minimum Gasteiger partial charge on any atom is -0.290 e. The summed E-state index contributed by atoms with van der Waals surface area (Å²) in [6.45, 7) is 0. The minimum absolute atomic E-state index is 0.969. The summed E-state index contributed by atoms with van der Waals surface area (Å²) in [5.74, 6) is 0. The fraction of sp³-hybridized carbons (Fsp3) is 0.0625. The molecule has 0 N–H and O–H groups in total. The normalized spacial score (nSPS) is 13.5. The highest BCUT2D eigenvalue weighted by atomic mass is 15.0. The van der Waals surface area contributed by atoms with Gasteiger partial charge in [-0.15, -0.1) is 0 Å². The molecule has 4 aromatic carbocycles. The second kappa shape index (κ2) is 6.13. The molecule has 0 radical (unpaired) electrons. The van der Waals surface area contributed by atoms with E-state index in [1.165, 1.54) is 60.7 Å². The molecule has 0 unspecified atom stereocenters. The molecule has 0 atom stereocenters. The number of pyridine rings is 2. The number of fused-ring (bicyclic) bond motifs is 15. The Labute approximate surface area is 201 Å². The van der Waals surface area contributed by atoms with Crippen LogP contribution in [0, 0.1) is 0 Å². The van der Waals surface area contributed by atoms with Crippen LogP contribution in [0.5, 0.6) is 0 Å². The smallest absolute Gasteiger partial charge is 0.147 e. The number of nitrogens with zero attached hydrogens (tertiary/aromatic N) is 3. The first-order valence-corrected chi connectivity index (χ1v) is 12.2. The molecule has 0 aliphatic heterocycles. The molecule has 2 aliphatic carbocycles. The van der Waals surface area contributed by atoms with Crippen LogP contribution in [0.15, 0.2) is 91.3 Å². The van der Waals surface area contributed by atoms with Crippen molar-refractivity contribution in [1.82, 2.24) is 14.4 Å². The molecule has 0 fully saturated rings. The number of hydrogen-bond acceptors (Lipinski definition) is 2. The van der Waals surface area contributed by atoms with Gasteiger partial charge >= 0.3 is 0 Å². The summed E-state index contributed by atoms with van der Waals surface area (Å²) in [4.78, 5) is 9.66. The van der Waals surface area contributed by atoms with Crippen molar-refractivity contribution in [2.75, 3.05) is 0 Å². The summed E-state index contributed by atoms with van der Waals surface area (Å²) in [5.41, 5.74) is 15.5. The summed E-state index contributed by atoms with van der Waals surface area (Å²) < 4.78 is 2.31. The van der Waals surface area contributed by atoms with Gasteiger partial charge in [0, 0.05) is 17.0 Å². The van der Waals surface area contributed by atoms with Gasteiger partial charge in [0.25, 0.3) is 0 Å². The number of para-hydroxylation sites is 2. The molecule has 7 aromatic rings. The lowest BCUT2D eigenvalue weighted by Gasteiger charge is -2.13. The zero-order valence-electron chi connectivity index (χ0n) is 18.9. The maximum absolute atomic E-state index is 5.18. The third-order valence-corrected chi connectivity index (χ3v) is 8.07. The van der Waals surface area contributed by atoms with Crippen molar-refractivity contribution in [3.8, 4) is 22.3 Å². The molecular weight excluding hydrogens is 426 g/mol. The van der Waals surface area contributed by atoms with Gasteiger partial charge < -0.3 is 0 Å². The lowest BCUT2D eigenvalue weighted by atomic mass is 9.94. The van der Waals surface area contributed by atoms with Crippen LogP contribution in [0.3, 0.4) is 0 Å². The zero-order chi connectivity index (χ0) is 22.7. The molecule has 2 aliphatic rings. The Bertz CT molecular complexity index is 2060. The quantitative estimate of drug-likeness (QED) is 0.229. The van der Waals surface area contributed by atoms with Gasteiger partial charge in [-0.3, -0.25) is 9.38 Å². The van der Waals surface area contributed by atoms with Crippen molar-refractivity contribution in [2.45, 2.75) is 12.8 Å². The Morgan fingerprint density at radius 3 is 2.46 bits per heavy atom. The van der Waals surface area contributed by atoms with Crippen molar-refractivity contribution < 1.29 is 0 Å². The van der Waals surface area contributed by atoms with Crippen LogP contribution < -0.4 is 0 Å². The molecule has 3 nitrogen and oxygen atoms in total. The van der Waals surface area contributed by atoms with Gasteiger partial charge in [0.2, 0.25) is 0 Å². The van der Waals surface area contributed by atoms with Crippen LogP contribution in [0.2, 0.25) is 0 Å². The molecule has 35 heavy (non-hydrogen) atoms. The Morgan fingerprint density at radius 2 is 1.46 bits per heavy atom. The topological polar surface area (TPSA) is 30.2 Å². The number of imidazole rings is 1. The number of rotatable bonds is 0. The van der Waals surface area contributed by atoms with Crippen LogP contribution in [0.25, 0.3) is 60.6 Å². The molecule has 0 saturated heterocycles. The van der Waals surface area contributed by atoms with Gasteiger partial charge in [0.15, 0.2) is 0 Å². The Kier molecular flexibility index (Phi) is 3.14. The molecule has 0 amide bonds. The highest BCUT2D eigenvalue weighted by Crippen LogP contribution is 2.48. The maximum Gasteiger partial charge on any atom is 0.147 e. The fourth-order valence-electron chi connectivity index (χ4n) is 6.60. The van der Waals surface area contributed by atoms with E-state index in [0.717, 1.165) is 35.0 Å². The van der Waals surface area contributed by atoms with Crippen molar-refractivity contribution >= 4 is 38.4 Å². The molecule has 162 valence electrons. The van der Waals surface area contributed by atoms with E-state index in [1.54, 1.807) is 0 Å². The van der Waals surface area contributed by atoms with Crippen LogP contribution in [0.1, 0.15) is 22.3 Å². The Hall–Kier alpha value is -4.50. The standard InChI is InChI=1S/C32H19N3/c1-2-6-22-18(5-1)13-20-16-26-21(15-25(20)22)14-19-9-10-24-23-11-12-33-17-29(23)35-28-8-4-3-7-27(28)34-32(35)31(24)30(19)26/h1-12,15-17H,13-14H2. The van der Waals surface area contributed by atoms with Gasteiger partial charge in [-0.05, 0) is 93.1 Å². The van der Waals surface area contributed by atoms with E-state index in [1.807, 2.05) is 12.4 Å². The van der Waals surface area contributed by atoms with Crippen LogP contribution in [-0.4, -0.2) is 14.4 Å². The van der Waals surface area contributed by atoms with Crippen molar-refractivity contribution in [3.63, 3.8) is 0 Å². The molecule has 0 spiro atoms. The summed E-state index contributed by atoms with van der Waals surface area (Å²) in [6, 6.07) is 29.0. The minimum atomic E-state index is 0.969. The fourth-order valence-corrected chi connectivity index (χ4v) is 6.60. The highest BCUT2D eigenvalue weighted by molar-refractivity contribution is 6.19. The van der Waals surface area contributed by atoms with E-state index in [4.69, 9.17) is 4.98 Å². The third-order valence-electron chi connectivity index (χ3n) is 8.07. The van der Waals surface area contributed by atoms with E-state index in [0.29, 0.717) is 0 Å². The van der Waals surface area contributed by atoms with Crippen molar-refractivity contribution in [3.05, 3.63) is 114 Å². The maximum atomic E-state index is 5.18. The Morgan fingerprint density at radius 1 is 0.629 bits per heavy atom. The van der Waals surface area contributed by atoms with Crippen molar-refractivity contribution in [2.24, 2.45) is 0 Å². The summed E-state index contributed by atoms with van der Waals surface area (Å²) in [6.07, 6.45) is 5.85. The van der Waals surface area contributed by atoms with Gasteiger partial charge in [-0.25, -0.2) is 4.98 Å². The number of hydrogen-bond donors (Lipinski definition) is 0.